The van der Waals surface area contributed by atoms with Crippen molar-refractivity contribution in [2.75, 3.05) is 0 Å². The second-order valence-corrected chi connectivity index (χ2v) is 17.6. The monoisotopic (exact) mass is 927 g/mol. The largest absolute Gasteiger partial charge is 0.508 e. The Morgan fingerprint density at radius 3 is 0.508 bits per heavy atom. The first-order chi connectivity index (χ1) is 31.3. The summed E-state index contributed by atoms with van der Waals surface area (Å²) < 4.78 is 0. The summed E-state index contributed by atoms with van der Waals surface area (Å²) in [6, 6.07) is 3.42. The lowest BCUT2D eigenvalue weighted by Gasteiger charge is -2.00. The fraction of sp³-hybridized carbons (Fsp3) is 0.815. The van der Waals surface area contributed by atoms with Crippen molar-refractivity contribution in [1.29, 1.82) is 0 Å². The zero-order valence-corrected chi connectivity index (χ0v) is 42.3. The van der Waals surface area contributed by atoms with Gasteiger partial charge in [-0.05, 0) is 25.7 Å². The second-order valence-electron chi connectivity index (χ2n) is 17.6. The first kappa shape index (κ1) is 68.1. The number of phenolic OH excluding ortho intramolecular Hbond substituents is 3. The van der Waals surface area contributed by atoms with Crippen LogP contribution in [0.1, 0.15) is 285 Å². The SMILES string of the molecule is CCCCCCCCCCCC(=O)O.CCCCCCCCCCCC(=O)O.CCCCCCCCCCCC(=O)O.CCCCCCCCCCCC(=O)O.Oc1cc(O)cc(O)c1. The number of rotatable bonds is 40. The highest BCUT2D eigenvalue weighted by Crippen LogP contribution is 2.24. The van der Waals surface area contributed by atoms with E-state index in [9.17, 15) is 19.2 Å². The molecule has 0 saturated heterocycles. The molecule has 0 atom stereocenters. The third-order valence-corrected chi connectivity index (χ3v) is 10.9. The van der Waals surface area contributed by atoms with Crippen molar-refractivity contribution in [2.24, 2.45) is 0 Å². The first-order valence-electron chi connectivity index (χ1n) is 26.4. The zero-order valence-electron chi connectivity index (χ0n) is 42.3. The van der Waals surface area contributed by atoms with Gasteiger partial charge in [-0.15, -0.1) is 0 Å². The predicted octanol–water partition coefficient (Wildman–Crippen LogP) is 16.8. The molecule has 1 rings (SSSR count). The van der Waals surface area contributed by atoms with Crippen molar-refractivity contribution in [3.05, 3.63) is 18.2 Å². The lowest BCUT2D eigenvalue weighted by molar-refractivity contribution is -0.138. The molecule has 0 unspecified atom stereocenters. The Labute approximate surface area is 397 Å². The van der Waals surface area contributed by atoms with Gasteiger partial charge in [0.25, 0.3) is 0 Å². The van der Waals surface area contributed by atoms with Crippen LogP contribution in [0.3, 0.4) is 0 Å². The lowest BCUT2D eigenvalue weighted by atomic mass is 10.1. The van der Waals surface area contributed by atoms with Gasteiger partial charge in [0.2, 0.25) is 0 Å². The van der Waals surface area contributed by atoms with Gasteiger partial charge >= 0.3 is 23.9 Å². The number of aliphatic carboxylic acids is 4. The molecular weight excluding hydrogens is 825 g/mol. The predicted molar refractivity (Wildman–Crippen MR) is 269 cm³/mol. The molecule has 0 heterocycles. The summed E-state index contributed by atoms with van der Waals surface area (Å²) in [7, 11) is 0. The van der Waals surface area contributed by atoms with E-state index in [2.05, 4.69) is 27.7 Å². The molecule has 1 aromatic carbocycles. The van der Waals surface area contributed by atoms with Gasteiger partial charge in [-0.1, -0.05) is 233 Å². The van der Waals surface area contributed by atoms with Crippen molar-refractivity contribution in [1.82, 2.24) is 0 Å². The molecule has 11 heteroatoms. The quantitative estimate of drug-likeness (QED) is 0.0308. The number of carboxylic acids is 4. The van der Waals surface area contributed by atoms with Gasteiger partial charge in [-0.2, -0.15) is 0 Å². The number of carbonyl (C=O) groups is 4. The average Bonchev–Trinajstić information content (AvgIpc) is 3.24. The summed E-state index contributed by atoms with van der Waals surface area (Å²) in [5.74, 6) is -3.07. The molecule has 384 valence electrons. The van der Waals surface area contributed by atoms with Crippen LogP contribution >= 0.6 is 0 Å². The van der Waals surface area contributed by atoms with Crippen molar-refractivity contribution in [3.8, 4) is 17.2 Å². The minimum atomic E-state index is -0.659. The summed E-state index contributed by atoms with van der Waals surface area (Å²) in [5, 5.41) is 59.7. The van der Waals surface area contributed by atoms with Crippen LogP contribution in [0.25, 0.3) is 0 Å². The standard InChI is InChI=1S/4C12H24O2.C6H6O3/c4*1-2-3-4-5-6-7-8-9-10-11-12(13)14;7-4-1-5(8)3-6(9)2-4/h4*2-11H2,1H3,(H,13,14);1-3,7-9H. The Hall–Kier alpha value is -3.50. The summed E-state index contributed by atoms with van der Waals surface area (Å²) in [4.78, 5) is 40.8. The molecule has 0 aliphatic heterocycles. The third-order valence-electron chi connectivity index (χ3n) is 10.9. The Balaban J connectivity index is -0.000000360. The summed E-state index contributed by atoms with van der Waals surface area (Å²) >= 11 is 0. The minimum Gasteiger partial charge on any atom is -0.508 e. The van der Waals surface area contributed by atoms with E-state index in [1.54, 1.807) is 0 Å². The Bertz CT molecular complexity index is 979. The normalized spacial score (nSPS) is 10.2. The molecule has 0 bridgehead atoms. The van der Waals surface area contributed by atoms with Crippen molar-refractivity contribution >= 4 is 23.9 Å². The Morgan fingerprint density at radius 2 is 0.385 bits per heavy atom. The highest BCUT2D eigenvalue weighted by Gasteiger charge is 2.00. The molecule has 7 N–H and O–H groups in total. The van der Waals surface area contributed by atoms with E-state index in [1.807, 2.05) is 0 Å². The van der Waals surface area contributed by atoms with Crippen LogP contribution in [0.15, 0.2) is 18.2 Å². The highest BCUT2D eigenvalue weighted by atomic mass is 16.4. The van der Waals surface area contributed by atoms with Crippen LogP contribution in [0.5, 0.6) is 17.2 Å². The number of hydrogen-bond acceptors (Lipinski definition) is 7. The molecule has 0 aliphatic carbocycles. The van der Waals surface area contributed by atoms with Crippen LogP contribution in [0, 0.1) is 0 Å². The van der Waals surface area contributed by atoms with E-state index >= 15 is 0 Å². The Kier molecular flexibility index (Phi) is 61.3. The molecular formula is C54H102O11. The van der Waals surface area contributed by atoms with Crippen molar-refractivity contribution < 1.29 is 54.9 Å². The number of aromatic hydroxyl groups is 3. The molecule has 0 spiro atoms. The van der Waals surface area contributed by atoms with E-state index in [-0.39, 0.29) is 17.2 Å². The van der Waals surface area contributed by atoms with E-state index in [1.165, 1.54) is 180 Å². The van der Waals surface area contributed by atoms with E-state index in [0.29, 0.717) is 25.7 Å². The second kappa shape index (κ2) is 58.5. The van der Waals surface area contributed by atoms with E-state index in [4.69, 9.17) is 35.7 Å². The molecule has 0 aromatic heterocycles. The molecule has 0 amide bonds. The number of hydrogen-bond donors (Lipinski definition) is 7. The van der Waals surface area contributed by atoms with Gasteiger partial charge in [0.05, 0.1) is 0 Å². The van der Waals surface area contributed by atoms with Gasteiger partial charge in [-0.25, -0.2) is 0 Å². The van der Waals surface area contributed by atoms with Gasteiger partial charge < -0.3 is 35.7 Å². The van der Waals surface area contributed by atoms with Crippen LogP contribution in [0.2, 0.25) is 0 Å². The number of unbranched alkanes of at least 4 members (excludes halogenated alkanes) is 32. The fourth-order valence-corrected chi connectivity index (χ4v) is 6.93. The molecule has 65 heavy (non-hydrogen) atoms. The van der Waals surface area contributed by atoms with E-state index in [0.717, 1.165) is 69.6 Å². The van der Waals surface area contributed by atoms with Gasteiger partial charge in [0.1, 0.15) is 17.2 Å². The van der Waals surface area contributed by atoms with Gasteiger partial charge in [0.15, 0.2) is 0 Å². The van der Waals surface area contributed by atoms with Crippen LogP contribution in [-0.2, 0) is 19.2 Å². The van der Waals surface area contributed by atoms with Crippen LogP contribution < -0.4 is 0 Å². The lowest BCUT2D eigenvalue weighted by Crippen LogP contribution is -1.93. The summed E-state index contributed by atoms with van der Waals surface area (Å²) in [6.45, 7) is 8.91. The number of carboxylic acid groups (broad SMARTS) is 4. The maximum Gasteiger partial charge on any atom is 0.303 e. The van der Waals surface area contributed by atoms with Crippen molar-refractivity contribution in [2.45, 2.75) is 285 Å². The molecule has 0 aliphatic rings. The Morgan fingerprint density at radius 1 is 0.262 bits per heavy atom. The maximum atomic E-state index is 10.2. The highest BCUT2D eigenvalue weighted by molar-refractivity contribution is 5.67. The zero-order chi connectivity index (χ0) is 49.4. The van der Waals surface area contributed by atoms with Crippen molar-refractivity contribution in [3.63, 3.8) is 0 Å². The number of phenols is 3. The summed E-state index contributed by atoms with van der Waals surface area (Å²) in [5.41, 5.74) is 0. The molecule has 11 nitrogen and oxygen atoms in total. The van der Waals surface area contributed by atoms with Crippen LogP contribution in [-0.4, -0.2) is 59.6 Å². The first-order valence-corrected chi connectivity index (χ1v) is 26.4. The topological polar surface area (TPSA) is 210 Å². The summed E-state index contributed by atoms with van der Waals surface area (Å²) in [6.07, 6.45) is 45.9. The maximum absolute atomic E-state index is 10.2. The molecule has 0 radical (unpaired) electrons. The fourth-order valence-electron chi connectivity index (χ4n) is 6.93. The smallest absolute Gasteiger partial charge is 0.303 e. The van der Waals surface area contributed by atoms with Crippen LogP contribution in [0.4, 0.5) is 0 Å². The molecule has 0 fully saturated rings. The molecule has 0 saturated carbocycles. The average molecular weight is 927 g/mol. The van der Waals surface area contributed by atoms with Gasteiger partial charge in [0, 0.05) is 43.9 Å². The van der Waals surface area contributed by atoms with E-state index < -0.39 is 23.9 Å². The third kappa shape index (κ3) is 75.1. The van der Waals surface area contributed by atoms with Gasteiger partial charge in [-0.3, -0.25) is 19.2 Å². The number of benzene rings is 1. The minimum absolute atomic E-state index is 0.146. The molecule has 1 aromatic rings.